The predicted octanol–water partition coefficient (Wildman–Crippen LogP) is 12.4. The van der Waals surface area contributed by atoms with Gasteiger partial charge in [-0.2, -0.15) is 0 Å². The molecule has 0 heterocycles. The van der Waals surface area contributed by atoms with Gasteiger partial charge in [-0.25, -0.2) is 9.13 Å². The highest BCUT2D eigenvalue weighted by atomic mass is 31.2. The molecule has 0 radical (unpaired) electrons. The van der Waals surface area contributed by atoms with Crippen LogP contribution in [0.25, 0.3) is 0 Å². The molecule has 5 N–H and O–H groups in total. The van der Waals surface area contributed by atoms with E-state index in [0.29, 0.717) is 12.8 Å². The average molecular weight is 1010 g/mol. The zero-order chi connectivity index (χ0) is 50.2. The van der Waals surface area contributed by atoms with Crippen LogP contribution in [0.1, 0.15) is 206 Å². The molecule has 0 amide bonds. The molecule has 15 nitrogen and oxygen atoms in total. The minimum atomic E-state index is -4.79. The Kier molecular flexibility index (Phi) is 45.9. The Hall–Kier alpha value is -2.00. The van der Waals surface area contributed by atoms with Crippen LogP contribution in [0.4, 0.5) is 0 Å². The Labute approximate surface area is 410 Å². The Balaban J connectivity index is 3.88. The number of rotatable bonds is 50. The smallest absolute Gasteiger partial charge is 0.463 e. The lowest BCUT2D eigenvalue weighted by Gasteiger charge is -2.19. The van der Waals surface area contributed by atoms with Crippen molar-refractivity contribution in [2.75, 3.05) is 39.6 Å². The van der Waals surface area contributed by atoms with Gasteiger partial charge in [0, 0.05) is 12.8 Å². The molecule has 0 aromatic rings. The van der Waals surface area contributed by atoms with Crippen molar-refractivity contribution < 1.29 is 71.4 Å². The van der Waals surface area contributed by atoms with Crippen molar-refractivity contribution in [1.29, 1.82) is 0 Å². The molecule has 0 saturated carbocycles. The van der Waals surface area contributed by atoms with Gasteiger partial charge in [0.05, 0.1) is 26.4 Å². The van der Waals surface area contributed by atoms with E-state index in [1.807, 2.05) is 0 Å². The van der Waals surface area contributed by atoms with Crippen molar-refractivity contribution in [3.63, 3.8) is 0 Å². The number of hydrogen-bond donors (Lipinski definition) is 5. The van der Waals surface area contributed by atoms with E-state index >= 15 is 0 Å². The number of phosphoric acid groups is 2. The summed E-state index contributed by atoms with van der Waals surface area (Å²) in [6.45, 7) is 0.379. The average Bonchev–Trinajstić information content (AvgIpc) is 3.31. The van der Waals surface area contributed by atoms with E-state index in [1.54, 1.807) is 0 Å². The van der Waals surface area contributed by atoms with Crippen molar-refractivity contribution in [2.45, 2.75) is 225 Å². The van der Waals surface area contributed by atoms with Gasteiger partial charge in [0.25, 0.3) is 0 Å². The molecule has 0 spiro atoms. The Morgan fingerprint density at radius 2 is 0.632 bits per heavy atom. The van der Waals surface area contributed by atoms with Crippen molar-refractivity contribution in [3.05, 3.63) is 48.6 Å². The highest BCUT2D eigenvalue weighted by Gasteiger charge is 2.28. The van der Waals surface area contributed by atoms with Crippen LogP contribution >= 0.6 is 15.6 Å². The van der Waals surface area contributed by atoms with E-state index in [0.717, 1.165) is 64.2 Å². The molecule has 68 heavy (non-hydrogen) atoms. The van der Waals surface area contributed by atoms with Gasteiger partial charge in [-0.3, -0.25) is 27.7 Å². The summed E-state index contributed by atoms with van der Waals surface area (Å²) >= 11 is 0. The molecule has 0 aliphatic rings. The number of aliphatic hydroxyl groups excluding tert-OH is 3. The second-order valence-electron chi connectivity index (χ2n) is 17.5. The van der Waals surface area contributed by atoms with Crippen molar-refractivity contribution in [3.8, 4) is 0 Å². The number of allylic oxidation sites excluding steroid dienone is 8. The first-order valence-electron chi connectivity index (χ1n) is 26.0. The Morgan fingerprint density at radius 3 is 0.985 bits per heavy atom. The Bertz CT molecular complexity index is 1410. The fourth-order valence-corrected chi connectivity index (χ4v) is 8.28. The summed E-state index contributed by atoms with van der Waals surface area (Å²) in [5.74, 6) is -1.02. The van der Waals surface area contributed by atoms with E-state index in [2.05, 4.69) is 76.0 Å². The molecule has 398 valence electrons. The minimum absolute atomic E-state index is 0.170. The molecule has 0 aliphatic heterocycles. The van der Waals surface area contributed by atoms with Crippen LogP contribution in [-0.4, -0.2) is 95.0 Å². The molecular formula is C51H94O15P2. The molecule has 0 bridgehead atoms. The second kappa shape index (κ2) is 47.3. The van der Waals surface area contributed by atoms with E-state index in [1.165, 1.54) is 103 Å². The van der Waals surface area contributed by atoms with Crippen molar-refractivity contribution in [2.24, 2.45) is 0 Å². The quantitative estimate of drug-likeness (QED) is 0.0165. The van der Waals surface area contributed by atoms with Crippen LogP contribution in [0.15, 0.2) is 48.6 Å². The van der Waals surface area contributed by atoms with Gasteiger partial charge in [-0.05, 0) is 77.0 Å². The van der Waals surface area contributed by atoms with Crippen molar-refractivity contribution >= 4 is 27.6 Å². The third kappa shape index (κ3) is 49.0. The molecule has 0 aromatic heterocycles. The molecule has 0 aliphatic carbocycles. The number of hydrogen-bond acceptors (Lipinski definition) is 13. The largest absolute Gasteiger partial charge is 0.472 e. The maximum atomic E-state index is 12.2. The maximum Gasteiger partial charge on any atom is 0.472 e. The summed E-state index contributed by atoms with van der Waals surface area (Å²) in [6.07, 6.45) is 45.2. The van der Waals surface area contributed by atoms with Gasteiger partial charge < -0.3 is 34.6 Å². The first-order valence-corrected chi connectivity index (χ1v) is 29.0. The minimum Gasteiger partial charge on any atom is -0.463 e. The number of phosphoric ester groups is 2. The van der Waals surface area contributed by atoms with Gasteiger partial charge >= 0.3 is 27.6 Å². The molecule has 0 saturated heterocycles. The van der Waals surface area contributed by atoms with Gasteiger partial charge in [-0.1, -0.05) is 165 Å². The lowest BCUT2D eigenvalue weighted by Crippen LogP contribution is -2.25. The fraction of sp³-hybridized carbons (Fsp3) is 0.804. The van der Waals surface area contributed by atoms with Gasteiger partial charge in [0.15, 0.2) is 0 Å². The first kappa shape index (κ1) is 66.0. The SMILES string of the molecule is CCCCC/C=C\C/C=C\C/C=C\CCCCCCC(=O)OCC(O)COP(=O)(O)OCC(O)COP(=O)(O)OCC(O)COC(=O)CCCCCCCCCCC/C=C/CCCCCCCC. The summed E-state index contributed by atoms with van der Waals surface area (Å²) in [5, 5.41) is 30.1. The fourth-order valence-electron chi connectivity index (χ4n) is 6.68. The zero-order valence-corrected chi connectivity index (χ0v) is 43.8. The van der Waals surface area contributed by atoms with E-state index in [9.17, 15) is 43.8 Å². The van der Waals surface area contributed by atoms with Crippen LogP contribution in [0, 0.1) is 0 Å². The molecule has 0 fully saturated rings. The van der Waals surface area contributed by atoms with E-state index < -0.39 is 85.5 Å². The van der Waals surface area contributed by atoms with Crippen LogP contribution in [-0.2, 0) is 46.3 Å². The van der Waals surface area contributed by atoms with Crippen LogP contribution in [0.5, 0.6) is 0 Å². The normalized spacial score (nSPS) is 15.3. The van der Waals surface area contributed by atoms with Crippen LogP contribution < -0.4 is 0 Å². The monoisotopic (exact) mass is 1010 g/mol. The zero-order valence-electron chi connectivity index (χ0n) is 42.0. The number of unbranched alkanes of at least 4 members (excludes halogenated alkanes) is 22. The van der Waals surface area contributed by atoms with E-state index in [-0.39, 0.29) is 12.8 Å². The highest BCUT2D eigenvalue weighted by molar-refractivity contribution is 7.47. The molecular weight excluding hydrogens is 914 g/mol. The molecule has 5 atom stereocenters. The van der Waals surface area contributed by atoms with Gasteiger partial charge in [-0.15, -0.1) is 0 Å². The number of aliphatic hydroxyl groups is 3. The lowest BCUT2D eigenvalue weighted by molar-refractivity contribution is -0.148. The first-order chi connectivity index (χ1) is 32.8. The number of carbonyl (C=O) groups excluding carboxylic acids is 2. The third-order valence-electron chi connectivity index (χ3n) is 10.8. The Morgan fingerprint density at radius 1 is 0.382 bits per heavy atom. The topological polar surface area (TPSA) is 225 Å². The molecule has 5 unspecified atom stereocenters. The maximum absolute atomic E-state index is 12.2. The number of ether oxygens (including phenoxy) is 2. The van der Waals surface area contributed by atoms with Crippen LogP contribution in [0.3, 0.4) is 0 Å². The summed E-state index contributed by atoms with van der Waals surface area (Å²) in [7, 11) is -9.58. The summed E-state index contributed by atoms with van der Waals surface area (Å²) in [4.78, 5) is 43.8. The van der Waals surface area contributed by atoms with E-state index in [4.69, 9.17) is 14.0 Å². The van der Waals surface area contributed by atoms with Crippen molar-refractivity contribution in [1.82, 2.24) is 0 Å². The summed E-state index contributed by atoms with van der Waals surface area (Å²) < 4.78 is 53.1. The molecule has 17 heteroatoms. The van der Waals surface area contributed by atoms with Gasteiger partial charge in [0.2, 0.25) is 0 Å². The number of carbonyl (C=O) groups is 2. The second-order valence-corrected chi connectivity index (χ2v) is 20.4. The predicted molar refractivity (Wildman–Crippen MR) is 270 cm³/mol. The third-order valence-corrected chi connectivity index (χ3v) is 12.7. The number of esters is 2. The standard InChI is InChI=1S/C51H94O15P2/c1-3-5-7-9-11-13-15-17-19-21-22-24-26-28-30-32-34-36-38-40-51(56)62-42-48(53)44-64-68(59,60)66-46-49(54)45-65-67(57,58)63-43-47(52)41-61-50(55)39-37-35-33-31-29-27-25-23-20-18-16-14-12-10-8-6-4-2/h12,14,17-20,25,27,47-49,52-54H,3-11,13,15-16,21-24,26,28-46H2,1-2H3,(H,57,58)(H,59,60)/b14-12-,19-17+,20-18-,27-25-. The van der Waals surface area contributed by atoms with Crippen LogP contribution in [0.2, 0.25) is 0 Å². The summed E-state index contributed by atoms with van der Waals surface area (Å²) in [5.41, 5.74) is 0. The molecule has 0 aromatic carbocycles. The van der Waals surface area contributed by atoms with Gasteiger partial charge in [0.1, 0.15) is 31.5 Å². The lowest BCUT2D eigenvalue weighted by atomic mass is 10.1. The molecule has 0 rings (SSSR count). The highest BCUT2D eigenvalue weighted by Crippen LogP contribution is 2.45. The summed E-state index contributed by atoms with van der Waals surface area (Å²) in [6, 6.07) is 0.